The number of Topliss-reactive ketones (excluding diaryl/α,β-unsaturated/α-hetero) is 1. The van der Waals surface area contributed by atoms with E-state index in [1.807, 2.05) is 0 Å². The lowest BCUT2D eigenvalue weighted by atomic mass is 9.70. The van der Waals surface area contributed by atoms with Crippen LogP contribution in [-0.2, 0) is 4.79 Å². The van der Waals surface area contributed by atoms with Gasteiger partial charge in [-0.15, -0.1) is 0 Å². The van der Waals surface area contributed by atoms with Gasteiger partial charge in [-0.2, -0.15) is 0 Å². The molecule has 0 amide bonds. The fourth-order valence-corrected chi connectivity index (χ4v) is 4.05. The molecule has 2 N–H and O–H groups in total. The van der Waals surface area contributed by atoms with Gasteiger partial charge >= 0.3 is 0 Å². The fraction of sp³-hybridized carbons (Fsp3) is 0.929. The van der Waals surface area contributed by atoms with Gasteiger partial charge in [0, 0.05) is 5.41 Å². The van der Waals surface area contributed by atoms with Crippen LogP contribution in [0.4, 0.5) is 0 Å². The Balaban J connectivity index is 0.00000144. The van der Waals surface area contributed by atoms with Crippen LogP contribution in [-0.4, -0.2) is 18.9 Å². The Morgan fingerprint density at radius 3 is 2.47 bits per heavy atom. The van der Waals surface area contributed by atoms with E-state index in [0.29, 0.717) is 17.6 Å². The molecule has 3 heteroatoms. The number of fused-ring (bicyclic) bond motifs is 2. The molecule has 0 aromatic heterocycles. The molecule has 0 spiro atoms. The minimum Gasteiger partial charge on any atom is -1.00 e. The van der Waals surface area contributed by atoms with Crippen LogP contribution in [0.2, 0.25) is 0 Å². The minimum atomic E-state index is -0.0254. The Morgan fingerprint density at radius 2 is 2.00 bits per heavy atom. The molecule has 100 valence electrons. The highest BCUT2D eigenvalue weighted by Gasteiger charge is 2.66. The van der Waals surface area contributed by atoms with Crippen LogP contribution in [0.3, 0.4) is 0 Å². The maximum atomic E-state index is 12.5. The summed E-state index contributed by atoms with van der Waals surface area (Å²) in [6.45, 7) is 11.2. The molecule has 17 heavy (non-hydrogen) atoms. The molecule has 2 bridgehead atoms. The predicted molar refractivity (Wildman–Crippen MR) is 65.1 cm³/mol. The highest BCUT2D eigenvalue weighted by Crippen LogP contribution is 2.65. The fourth-order valence-electron chi connectivity index (χ4n) is 4.05. The lowest BCUT2D eigenvalue weighted by Gasteiger charge is -2.32. The summed E-state index contributed by atoms with van der Waals surface area (Å²) in [5, 5.41) is 2.34. The number of rotatable bonds is 4. The summed E-state index contributed by atoms with van der Waals surface area (Å²) in [4.78, 5) is 12.5. The minimum absolute atomic E-state index is 0. The van der Waals surface area contributed by atoms with Gasteiger partial charge in [0.1, 0.15) is 5.78 Å². The van der Waals surface area contributed by atoms with Crippen molar-refractivity contribution in [1.29, 1.82) is 0 Å². The molecule has 2 fully saturated rings. The number of carbonyl (C=O) groups is 1. The van der Waals surface area contributed by atoms with E-state index in [1.165, 1.54) is 12.8 Å². The molecule has 2 saturated carbocycles. The standard InChI is InChI=1S/C14H25NO.ClH/c1-5-8-15-9-10-11-6-7-14(4,12(10)16)13(11,2)3;/h10-11,15H,5-9H2,1-4H3;1H. The van der Waals surface area contributed by atoms with Crippen LogP contribution in [0.5, 0.6) is 0 Å². The number of carbonyl (C=O) groups excluding carboxylic acids is 1. The number of ketones is 1. The third-order valence-electron chi connectivity index (χ3n) is 5.58. The van der Waals surface area contributed by atoms with Crippen molar-refractivity contribution < 1.29 is 22.5 Å². The number of hydrogen-bond acceptors (Lipinski definition) is 1. The van der Waals surface area contributed by atoms with E-state index >= 15 is 0 Å². The summed E-state index contributed by atoms with van der Waals surface area (Å²) < 4.78 is 0. The Kier molecular flexibility index (Phi) is 4.31. The van der Waals surface area contributed by atoms with Gasteiger partial charge in [0.15, 0.2) is 0 Å². The number of nitrogens with two attached hydrogens (primary N) is 1. The molecule has 2 aliphatic carbocycles. The van der Waals surface area contributed by atoms with Crippen LogP contribution in [0.15, 0.2) is 0 Å². The molecule has 0 aliphatic heterocycles. The van der Waals surface area contributed by atoms with Gasteiger partial charge in [-0.25, -0.2) is 0 Å². The largest absolute Gasteiger partial charge is 1.00 e. The van der Waals surface area contributed by atoms with E-state index in [0.717, 1.165) is 19.5 Å². The lowest BCUT2D eigenvalue weighted by molar-refractivity contribution is -0.659. The molecule has 3 atom stereocenters. The van der Waals surface area contributed by atoms with Crippen LogP contribution in [0.25, 0.3) is 0 Å². The molecule has 3 unspecified atom stereocenters. The second-order valence-corrected chi connectivity index (χ2v) is 6.48. The first-order chi connectivity index (χ1) is 7.45. The Bertz CT molecular complexity index is 303. The van der Waals surface area contributed by atoms with E-state index in [-0.39, 0.29) is 23.2 Å². The van der Waals surface area contributed by atoms with Crippen molar-refractivity contribution in [3.05, 3.63) is 0 Å². The second-order valence-electron chi connectivity index (χ2n) is 6.48. The SMILES string of the molecule is CCC[NH2+]CC1C(=O)C2(C)CCC1C2(C)C.[Cl-]. The molecule has 0 heterocycles. The van der Waals surface area contributed by atoms with Gasteiger partial charge in [-0.3, -0.25) is 4.79 Å². The highest BCUT2D eigenvalue weighted by atomic mass is 35.5. The van der Waals surface area contributed by atoms with E-state index in [4.69, 9.17) is 0 Å². The predicted octanol–water partition coefficient (Wildman–Crippen LogP) is -1.39. The summed E-state index contributed by atoms with van der Waals surface area (Å²) in [6.07, 6.45) is 3.58. The maximum Gasteiger partial charge on any atom is 0.148 e. The number of quaternary nitrogens is 1. The molecule has 2 rings (SSSR count). The van der Waals surface area contributed by atoms with E-state index < -0.39 is 0 Å². The first-order valence-corrected chi connectivity index (χ1v) is 6.81. The van der Waals surface area contributed by atoms with Crippen molar-refractivity contribution in [3.63, 3.8) is 0 Å². The summed E-state index contributed by atoms with van der Waals surface area (Å²) in [5.41, 5.74) is 0.206. The third-order valence-corrected chi connectivity index (χ3v) is 5.58. The first kappa shape index (κ1) is 15.0. The second kappa shape index (κ2) is 4.89. The summed E-state index contributed by atoms with van der Waals surface area (Å²) in [6, 6.07) is 0. The molecular formula is C14H26ClNO. The van der Waals surface area contributed by atoms with Gasteiger partial charge in [0.2, 0.25) is 0 Å². The van der Waals surface area contributed by atoms with Crippen molar-refractivity contribution in [1.82, 2.24) is 0 Å². The van der Waals surface area contributed by atoms with Crippen LogP contribution in [0, 0.1) is 22.7 Å². The van der Waals surface area contributed by atoms with E-state index in [9.17, 15) is 4.79 Å². The summed E-state index contributed by atoms with van der Waals surface area (Å²) in [5.74, 6) is 1.53. The average Bonchev–Trinajstić information content (AvgIpc) is 2.53. The van der Waals surface area contributed by atoms with Crippen molar-refractivity contribution in [2.45, 2.75) is 47.0 Å². The maximum absolute atomic E-state index is 12.5. The van der Waals surface area contributed by atoms with Gasteiger partial charge < -0.3 is 17.7 Å². The summed E-state index contributed by atoms with van der Waals surface area (Å²) in [7, 11) is 0. The third kappa shape index (κ3) is 1.94. The molecule has 2 nitrogen and oxygen atoms in total. The van der Waals surface area contributed by atoms with Crippen molar-refractivity contribution in [2.75, 3.05) is 13.1 Å². The van der Waals surface area contributed by atoms with Crippen molar-refractivity contribution >= 4 is 5.78 Å². The highest BCUT2D eigenvalue weighted by molar-refractivity contribution is 5.91. The van der Waals surface area contributed by atoms with Crippen molar-refractivity contribution in [3.8, 4) is 0 Å². The molecule has 0 radical (unpaired) electrons. The van der Waals surface area contributed by atoms with E-state index in [1.54, 1.807) is 0 Å². The zero-order valence-corrected chi connectivity index (χ0v) is 12.3. The van der Waals surface area contributed by atoms with Crippen LogP contribution in [0.1, 0.15) is 47.0 Å². The molecule has 0 aromatic rings. The molecule has 0 saturated heterocycles. The monoisotopic (exact) mass is 259 g/mol. The molecular weight excluding hydrogens is 234 g/mol. The van der Waals surface area contributed by atoms with E-state index in [2.05, 4.69) is 33.0 Å². The Morgan fingerprint density at radius 1 is 1.35 bits per heavy atom. The summed E-state index contributed by atoms with van der Waals surface area (Å²) >= 11 is 0. The zero-order chi connectivity index (χ0) is 12.0. The topological polar surface area (TPSA) is 33.7 Å². The smallest absolute Gasteiger partial charge is 0.148 e. The number of hydrogen-bond donors (Lipinski definition) is 1. The number of halogens is 1. The van der Waals surface area contributed by atoms with Crippen molar-refractivity contribution in [2.24, 2.45) is 22.7 Å². The quantitative estimate of drug-likeness (QED) is 0.620. The van der Waals surface area contributed by atoms with Gasteiger partial charge in [0.05, 0.1) is 19.0 Å². The zero-order valence-electron chi connectivity index (χ0n) is 11.6. The van der Waals surface area contributed by atoms with Gasteiger partial charge in [0.25, 0.3) is 0 Å². The Labute approximate surface area is 111 Å². The van der Waals surface area contributed by atoms with Gasteiger partial charge in [-0.1, -0.05) is 27.7 Å². The van der Waals surface area contributed by atoms with Gasteiger partial charge in [-0.05, 0) is 30.6 Å². The normalized spacial score (nSPS) is 38.2. The molecule has 0 aromatic carbocycles. The molecule has 2 aliphatic rings. The van der Waals surface area contributed by atoms with Crippen LogP contribution >= 0.6 is 0 Å². The first-order valence-electron chi connectivity index (χ1n) is 6.81. The van der Waals surface area contributed by atoms with Crippen LogP contribution < -0.4 is 17.7 Å². The Hall–Kier alpha value is -0.0800. The average molecular weight is 260 g/mol. The lowest BCUT2D eigenvalue weighted by Crippen LogP contribution is -3.00.